The van der Waals surface area contributed by atoms with Gasteiger partial charge in [-0.1, -0.05) is 30.3 Å². The quantitative estimate of drug-likeness (QED) is 0.0603. The minimum Gasteiger partial charge on any atom is -0.508 e. The second-order valence-corrected chi connectivity index (χ2v) is 15.9. The standard InChI is InChI=1S/C41H49N9O13S/c1-21(49(2)36(56)29(46-41(61)62)16-22-7-6-8-24(51)15-22)33(35(55)43-20-25-18-31(52)37(63-25)50-13-11-32(53)47-40(50)60)48-34(54)28(12-14-64-3)44-39(59)45-30(38(57)58)17-23-19-42-27-10-5-4-9-26(23)27/h4-11,13,15,19-21,28-31,33,37,42,46,51-52H,12,14,16-18H2,1-3H3,(H,43,55)(H,48,54)(H,57,58)(H,61,62)(H2,44,45,59)(H,47,53,60). The molecule has 0 radical (unpaired) electrons. The molecule has 0 saturated carbocycles. The number of fused-ring (bicyclic) bond motifs is 1. The van der Waals surface area contributed by atoms with Gasteiger partial charge in [-0.05, 0) is 54.7 Å². The van der Waals surface area contributed by atoms with Crippen LogP contribution in [0, 0.1) is 0 Å². The van der Waals surface area contributed by atoms with Gasteiger partial charge in [-0.25, -0.2) is 19.2 Å². The van der Waals surface area contributed by atoms with Gasteiger partial charge >= 0.3 is 23.8 Å². The number of aromatic hydroxyl groups is 1. The number of amides is 6. The number of hydrogen-bond acceptors (Lipinski definition) is 12. The maximum absolute atomic E-state index is 14.1. The third-order valence-electron chi connectivity index (χ3n) is 10.4. The van der Waals surface area contributed by atoms with Crippen LogP contribution in [0.25, 0.3) is 10.9 Å². The summed E-state index contributed by atoms with van der Waals surface area (Å²) in [6.07, 6.45) is 0.957. The monoisotopic (exact) mass is 907 g/mol. The topological polar surface area (TPSA) is 327 Å². The summed E-state index contributed by atoms with van der Waals surface area (Å²) in [4.78, 5) is 110. The smallest absolute Gasteiger partial charge is 0.405 e. The van der Waals surface area contributed by atoms with Crippen LogP contribution in [0.3, 0.4) is 0 Å². The zero-order chi connectivity index (χ0) is 46.7. The number of aliphatic carboxylic acids is 1. The molecule has 0 bridgehead atoms. The highest BCUT2D eigenvalue weighted by atomic mass is 32.2. The number of phenolic OH excluding ortho intramolecular Hbond substituents is 1. The van der Waals surface area contributed by atoms with Gasteiger partial charge < -0.3 is 61.6 Å². The molecule has 0 aliphatic carbocycles. The van der Waals surface area contributed by atoms with Crippen molar-refractivity contribution in [2.24, 2.45) is 0 Å². The number of hydrogen-bond donors (Lipinski definition) is 11. The number of aliphatic hydroxyl groups excluding tert-OH is 1. The van der Waals surface area contributed by atoms with Gasteiger partial charge in [0.2, 0.25) is 23.9 Å². The third-order valence-corrected chi connectivity index (χ3v) is 11.1. The van der Waals surface area contributed by atoms with E-state index in [0.717, 1.165) is 38.8 Å². The number of urea groups is 1. The largest absolute Gasteiger partial charge is 0.508 e. The van der Waals surface area contributed by atoms with Gasteiger partial charge in [0.25, 0.3) is 5.56 Å². The summed E-state index contributed by atoms with van der Waals surface area (Å²) in [7, 11) is 1.27. The molecule has 11 N–H and O–H groups in total. The average Bonchev–Trinajstić information content (AvgIpc) is 3.84. The van der Waals surface area contributed by atoms with Crippen molar-refractivity contribution in [2.45, 2.75) is 75.1 Å². The van der Waals surface area contributed by atoms with Crippen molar-refractivity contribution in [3.63, 3.8) is 0 Å². The first kappa shape index (κ1) is 47.8. The lowest BCUT2D eigenvalue weighted by Crippen LogP contribution is -2.62. The lowest BCUT2D eigenvalue weighted by atomic mass is 10.0. The lowest BCUT2D eigenvalue weighted by Gasteiger charge is -2.34. The summed E-state index contributed by atoms with van der Waals surface area (Å²) in [6.45, 7) is 1.40. The molecule has 1 fully saturated rings. The Morgan fingerprint density at radius 2 is 1.69 bits per heavy atom. The van der Waals surface area contributed by atoms with E-state index in [4.69, 9.17) is 4.74 Å². The normalized spacial score (nSPS) is 17.5. The number of thioether (sulfide) groups is 1. The summed E-state index contributed by atoms with van der Waals surface area (Å²) >= 11 is 1.34. The zero-order valence-corrected chi connectivity index (χ0v) is 35.6. The molecule has 64 heavy (non-hydrogen) atoms. The Hall–Kier alpha value is -7.27. The van der Waals surface area contributed by atoms with Crippen LogP contribution in [0.5, 0.6) is 5.75 Å². The van der Waals surface area contributed by atoms with Gasteiger partial charge in [0.15, 0.2) is 0 Å². The van der Waals surface area contributed by atoms with Gasteiger partial charge in [0, 0.05) is 61.9 Å². The number of carbonyl (C=O) groups is 6. The van der Waals surface area contributed by atoms with Crippen molar-refractivity contribution >= 4 is 58.5 Å². The highest BCUT2D eigenvalue weighted by molar-refractivity contribution is 7.98. The molecule has 23 heteroatoms. The van der Waals surface area contributed by atoms with Gasteiger partial charge in [-0.15, -0.1) is 0 Å². The van der Waals surface area contributed by atoms with E-state index in [1.807, 2.05) is 12.1 Å². The van der Waals surface area contributed by atoms with E-state index in [-0.39, 0.29) is 37.2 Å². The first-order chi connectivity index (χ1) is 30.4. The Morgan fingerprint density at radius 1 is 0.953 bits per heavy atom. The molecule has 3 heterocycles. The number of phenols is 1. The fraction of sp³-hybridized carbons (Fsp3) is 0.366. The Labute approximate surface area is 368 Å². The number of aromatic amines is 2. The molecule has 1 aliphatic heterocycles. The number of ether oxygens (including phenoxy) is 1. The van der Waals surface area contributed by atoms with Crippen molar-refractivity contribution in [3.05, 3.63) is 111 Å². The third kappa shape index (κ3) is 12.4. The summed E-state index contributed by atoms with van der Waals surface area (Å²) in [5, 5.41) is 53.2. The van der Waals surface area contributed by atoms with Gasteiger partial charge in [0.05, 0.1) is 6.04 Å². The molecule has 7 atom stereocenters. The fourth-order valence-corrected chi connectivity index (χ4v) is 7.44. The number of carbonyl (C=O) groups excluding carboxylic acids is 4. The van der Waals surface area contributed by atoms with Crippen LogP contribution in [-0.2, 0) is 36.8 Å². The Balaban J connectivity index is 1.38. The molecular formula is C41H49N9O13S. The van der Waals surface area contributed by atoms with Crippen LogP contribution in [0.2, 0.25) is 0 Å². The molecule has 1 saturated heterocycles. The van der Waals surface area contributed by atoms with Crippen molar-refractivity contribution in [1.82, 2.24) is 46.0 Å². The van der Waals surface area contributed by atoms with Crippen LogP contribution in [0.1, 0.15) is 37.1 Å². The maximum Gasteiger partial charge on any atom is 0.405 e. The number of carboxylic acid groups (broad SMARTS) is 2. The molecule has 6 amide bonds. The Kier molecular flexibility index (Phi) is 16.2. The summed E-state index contributed by atoms with van der Waals surface area (Å²) in [5.74, 6) is -3.83. The van der Waals surface area contributed by atoms with Crippen molar-refractivity contribution in [3.8, 4) is 5.75 Å². The van der Waals surface area contributed by atoms with Crippen LogP contribution in [0.15, 0.2) is 88.5 Å². The summed E-state index contributed by atoms with van der Waals surface area (Å²) in [6, 6.07) is 5.98. The molecular weight excluding hydrogens is 859 g/mol. The molecule has 2 aromatic carbocycles. The van der Waals surface area contributed by atoms with Crippen molar-refractivity contribution in [1.29, 1.82) is 0 Å². The molecule has 1 aliphatic rings. The van der Waals surface area contributed by atoms with E-state index in [1.165, 1.54) is 43.9 Å². The number of nitrogens with one attached hydrogen (secondary N) is 7. The van der Waals surface area contributed by atoms with Crippen LogP contribution < -0.4 is 37.8 Å². The average molecular weight is 908 g/mol. The van der Waals surface area contributed by atoms with Crippen molar-refractivity contribution in [2.75, 3.05) is 19.1 Å². The van der Waals surface area contributed by atoms with E-state index < -0.39 is 89.6 Å². The molecule has 5 rings (SSSR count). The molecule has 0 spiro atoms. The minimum atomic E-state index is -1.64. The summed E-state index contributed by atoms with van der Waals surface area (Å²) in [5.41, 5.74) is 0.247. The SMILES string of the molecule is CSCCC(NC(=O)NC(Cc1c[nH]c2ccccc12)C(=O)O)C(=O)NC(C(=O)NC=C1CC(O)C(n2ccc(=O)[nH]c2=O)O1)C(C)N(C)C(=O)C(Cc1cccc(O)c1)NC(=O)O. The number of para-hydroxylation sites is 1. The van der Waals surface area contributed by atoms with E-state index in [9.17, 15) is 58.8 Å². The number of H-pyrrole nitrogens is 2. The number of carboxylic acids is 1. The predicted octanol–water partition coefficient (Wildman–Crippen LogP) is 0.288. The molecule has 2 aromatic heterocycles. The summed E-state index contributed by atoms with van der Waals surface area (Å²) < 4.78 is 6.65. The van der Waals surface area contributed by atoms with E-state index in [2.05, 4.69) is 36.6 Å². The highest BCUT2D eigenvalue weighted by Crippen LogP contribution is 2.30. The number of aromatic nitrogens is 3. The number of likely N-dealkylation sites (N-methyl/N-ethyl adjacent to an activating group) is 1. The Morgan fingerprint density at radius 3 is 2.38 bits per heavy atom. The van der Waals surface area contributed by atoms with E-state index in [0.29, 0.717) is 16.9 Å². The molecule has 22 nitrogen and oxygen atoms in total. The van der Waals surface area contributed by atoms with E-state index >= 15 is 0 Å². The first-order valence-electron chi connectivity index (χ1n) is 19.8. The lowest BCUT2D eigenvalue weighted by molar-refractivity contribution is -0.139. The number of nitrogens with zero attached hydrogens (tertiary/aromatic N) is 2. The van der Waals surface area contributed by atoms with Crippen LogP contribution >= 0.6 is 11.8 Å². The van der Waals surface area contributed by atoms with Gasteiger partial charge in [-0.3, -0.25) is 28.7 Å². The minimum absolute atomic E-state index is 0.00785. The molecule has 4 aromatic rings. The van der Waals surface area contributed by atoms with Gasteiger partial charge in [0.1, 0.15) is 41.8 Å². The van der Waals surface area contributed by atoms with Crippen LogP contribution in [-0.4, -0.2) is 131 Å². The first-order valence-corrected chi connectivity index (χ1v) is 21.2. The predicted molar refractivity (Wildman–Crippen MR) is 231 cm³/mol. The molecule has 7 unspecified atom stereocenters. The fourth-order valence-electron chi connectivity index (χ4n) is 6.97. The maximum atomic E-state index is 14.1. The second kappa shape index (κ2) is 21.7. The van der Waals surface area contributed by atoms with Gasteiger partial charge in [-0.2, -0.15) is 11.8 Å². The zero-order valence-electron chi connectivity index (χ0n) is 34.8. The number of benzene rings is 2. The number of rotatable bonds is 19. The highest BCUT2D eigenvalue weighted by Gasteiger charge is 2.38. The van der Waals surface area contributed by atoms with Crippen LogP contribution in [0.4, 0.5) is 9.59 Å². The Bertz CT molecular complexity index is 2510. The molecule has 342 valence electrons. The number of aliphatic hydroxyl groups is 1. The van der Waals surface area contributed by atoms with Crippen molar-refractivity contribution < 1.29 is 53.9 Å². The second-order valence-electron chi connectivity index (χ2n) is 14.9. The van der Waals surface area contributed by atoms with E-state index in [1.54, 1.807) is 30.7 Å².